The maximum atomic E-state index is 2.51. The third kappa shape index (κ3) is 5.95. The summed E-state index contributed by atoms with van der Waals surface area (Å²) < 4.78 is 2.42. The van der Waals surface area contributed by atoms with Crippen LogP contribution in [0.15, 0.2) is 237 Å². The predicted octanol–water partition coefficient (Wildman–Crippen LogP) is 14.1. The van der Waals surface area contributed by atoms with Crippen molar-refractivity contribution in [3.05, 3.63) is 253 Å². The Morgan fingerprint density at radius 3 is 1.76 bits per heavy atom. The second-order valence-corrected chi connectivity index (χ2v) is 16.4. The van der Waals surface area contributed by atoms with E-state index in [1.54, 1.807) is 0 Å². The molecule has 0 saturated carbocycles. The first kappa shape index (κ1) is 36.0. The minimum absolute atomic E-state index is 0.230. The van der Waals surface area contributed by atoms with Gasteiger partial charge in [-0.3, -0.25) is 0 Å². The molecule has 0 N–H and O–H groups in total. The number of nitrogens with zero attached hydrogens (tertiary/aromatic N) is 2. The lowest BCUT2D eigenvalue weighted by atomic mass is 9.75. The van der Waals surface area contributed by atoms with Gasteiger partial charge in [-0.15, -0.1) is 0 Å². The van der Waals surface area contributed by atoms with Crippen molar-refractivity contribution in [3.63, 3.8) is 0 Å². The molecule has 0 saturated heterocycles. The van der Waals surface area contributed by atoms with E-state index < -0.39 is 0 Å². The molecule has 2 aliphatic rings. The smallest absolute Gasteiger partial charge is 0.0541 e. The number of anilines is 3. The highest BCUT2D eigenvalue weighted by Gasteiger charge is 2.28. The number of aromatic nitrogens is 1. The molecule has 2 atom stereocenters. The minimum atomic E-state index is 0.230. The molecular formula is C60H42N2. The number of allylic oxidation sites excluding steroid dienone is 4. The molecule has 9 aromatic carbocycles. The van der Waals surface area contributed by atoms with E-state index in [4.69, 9.17) is 0 Å². The molecule has 2 aliphatic carbocycles. The van der Waals surface area contributed by atoms with Crippen LogP contribution in [-0.2, 0) is 0 Å². The van der Waals surface area contributed by atoms with Crippen LogP contribution in [0.2, 0.25) is 0 Å². The van der Waals surface area contributed by atoms with Crippen LogP contribution in [0.25, 0.3) is 72.2 Å². The second kappa shape index (κ2) is 15.0. The summed E-state index contributed by atoms with van der Waals surface area (Å²) in [6, 6.07) is 77.8. The number of hydrogen-bond donors (Lipinski definition) is 0. The van der Waals surface area contributed by atoms with Crippen molar-refractivity contribution in [1.82, 2.24) is 4.57 Å². The van der Waals surface area contributed by atoms with Gasteiger partial charge in [0.05, 0.1) is 16.7 Å². The molecule has 0 radical (unpaired) electrons. The van der Waals surface area contributed by atoms with Gasteiger partial charge in [-0.05, 0) is 97.9 Å². The second-order valence-electron chi connectivity index (χ2n) is 16.4. The Kier molecular flexibility index (Phi) is 8.67. The molecule has 62 heavy (non-hydrogen) atoms. The summed E-state index contributed by atoms with van der Waals surface area (Å²) in [5.41, 5.74) is 14.3. The van der Waals surface area contributed by atoms with Gasteiger partial charge in [0.25, 0.3) is 0 Å². The summed E-state index contributed by atoms with van der Waals surface area (Å²) in [5, 5.41) is 7.51. The molecule has 1 heterocycles. The fraction of sp³-hybridized carbons (Fsp3) is 0.0333. The van der Waals surface area contributed by atoms with Crippen molar-refractivity contribution in [3.8, 4) is 27.9 Å². The monoisotopic (exact) mass is 790 g/mol. The molecule has 1 aromatic heterocycles. The first-order chi connectivity index (χ1) is 30.8. The molecule has 0 fully saturated rings. The number of para-hydroxylation sites is 2. The zero-order valence-corrected chi connectivity index (χ0v) is 34.1. The highest BCUT2D eigenvalue weighted by molar-refractivity contribution is 6.09. The number of fused-ring (bicyclic) bond motifs is 6. The minimum Gasteiger partial charge on any atom is -0.310 e. The van der Waals surface area contributed by atoms with Crippen LogP contribution in [-0.4, -0.2) is 4.57 Å². The molecule has 0 spiro atoms. The van der Waals surface area contributed by atoms with E-state index in [-0.39, 0.29) is 11.8 Å². The average molecular weight is 791 g/mol. The lowest BCUT2D eigenvalue weighted by Gasteiger charge is -2.32. The van der Waals surface area contributed by atoms with E-state index in [2.05, 4.69) is 252 Å². The first-order valence-corrected chi connectivity index (χ1v) is 21.6. The molecule has 2 unspecified atom stereocenters. The molecule has 0 amide bonds. The van der Waals surface area contributed by atoms with Gasteiger partial charge in [0.1, 0.15) is 0 Å². The van der Waals surface area contributed by atoms with Crippen molar-refractivity contribution < 1.29 is 0 Å². The Morgan fingerprint density at radius 1 is 0.435 bits per heavy atom. The van der Waals surface area contributed by atoms with Crippen LogP contribution in [0.5, 0.6) is 0 Å². The van der Waals surface area contributed by atoms with Crippen LogP contribution in [0, 0.1) is 11.8 Å². The lowest BCUT2D eigenvalue weighted by Crippen LogP contribution is -2.39. The summed E-state index contributed by atoms with van der Waals surface area (Å²) in [6.45, 7) is 0. The van der Waals surface area contributed by atoms with E-state index in [1.165, 1.54) is 76.4 Å². The van der Waals surface area contributed by atoms with Crippen LogP contribution < -0.4 is 15.3 Å². The zero-order chi connectivity index (χ0) is 41.0. The fourth-order valence-corrected chi connectivity index (χ4v) is 10.2. The van der Waals surface area contributed by atoms with Crippen molar-refractivity contribution in [1.29, 1.82) is 0 Å². The summed E-state index contributed by atoms with van der Waals surface area (Å²) in [7, 11) is 0. The van der Waals surface area contributed by atoms with E-state index in [0.29, 0.717) is 0 Å². The third-order valence-corrected chi connectivity index (χ3v) is 12.9. The zero-order valence-electron chi connectivity index (χ0n) is 34.1. The maximum absolute atomic E-state index is 2.51. The number of rotatable bonds is 7. The van der Waals surface area contributed by atoms with Crippen LogP contribution >= 0.6 is 0 Å². The Balaban J connectivity index is 1.12. The fourth-order valence-electron chi connectivity index (χ4n) is 10.2. The van der Waals surface area contributed by atoms with E-state index in [1.807, 2.05) is 0 Å². The van der Waals surface area contributed by atoms with E-state index in [0.717, 1.165) is 22.7 Å². The maximum Gasteiger partial charge on any atom is 0.0541 e. The van der Waals surface area contributed by atoms with Crippen LogP contribution in [0.1, 0.15) is 5.56 Å². The van der Waals surface area contributed by atoms with Gasteiger partial charge >= 0.3 is 0 Å². The molecule has 0 bridgehead atoms. The van der Waals surface area contributed by atoms with Crippen molar-refractivity contribution in [2.75, 3.05) is 4.90 Å². The largest absolute Gasteiger partial charge is 0.310 e. The average Bonchev–Trinajstić information content (AvgIpc) is 3.68. The molecule has 10 aromatic rings. The normalized spacial score (nSPS) is 15.4. The highest BCUT2D eigenvalue weighted by atomic mass is 15.1. The SMILES string of the molecule is C1=CC2C=c3c(N(c4cccc(-c5cccc6cccc(-c7ccccc7)c56)c4)c4cccc(-n5c6ccccc6c6ccccc65)c4)cccc3=C(c3ccccc3)C2C=C1. The molecule has 0 aliphatic heterocycles. The van der Waals surface area contributed by atoms with Crippen LogP contribution in [0.4, 0.5) is 17.1 Å². The predicted molar refractivity (Wildman–Crippen MR) is 262 cm³/mol. The standard InChI is InChI=1S/C60H42N2/c1-3-18-41(19-4-1)49-32-14-23-43-24-15-33-51(59(43)49)44-25-13-26-46(38-44)61(47-27-16-28-48(40-47)62-56-35-11-9-30-52(56)53-31-10-12-36-57(53)62)58-37-17-34-54-55(58)39-45-22-7-8-29-50(45)60(54)42-20-5-2-6-21-42/h1-40,45,50H. The van der Waals surface area contributed by atoms with Gasteiger partial charge in [-0.2, -0.15) is 0 Å². The topological polar surface area (TPSA) is 8.17 Å². The first-order valence-electron chi connectivity index (χ1n) is 21.6. The van der Waals surface area contributed by atoms with E-state index in [9.17, 15) is 0 Å². The van der Waals surface area contributed by atoms with E-state index >= 15 is 0 Å². The van der Waals surface area contributed by atoms with Crippen LogP contribution in [0.3, 0.4) is 0 Å². The Bertz CT molecular complexity index is 3480. The van der Waals surface area contributed by atoms with Gasteiger partial charge in [0, 0.05) is 44.9 Å². The van der Waals surface area contributed by atoms with Gasteiger partial charge in [0.2, 0.25) is 0 Å². The quantitative estimate of drug-likeness (QED) is 0.156. The van der Waals surface area contributed by atoms with Crippen molar-refractivity contribution >= 4 is 61.3 Å². The summed E-state index contributed by atoms with van der Waals surface area (Å²) in [6.07, 6.45) is 11.7. The molecule has 292 valence electrons. The van der Waals surface area contributed by atoms with Crippen molar-refractivity contribution in [2.45, 2.75) is 0 Å². The highest BCUT2D eigenvalue weighted by Crippen LogP contribution is 2.42. The molecular weight excluding hydrogens is 749 g/mol. The summed E-state index contributed by atoms with van der Waals surface area (Å²) in [5.74, 6) is 0.485. The molecule has 12 rings (SSSR count). The summed E-state index contributed by atoms with van der Waals surface area (Å²) in [4.78, 5) is 2.49. The Morgan fingerprint density at radius 2 is 1.02 bits per heavy atom. The number of benzene rings is 9. The lowest BCUT2D eigenvalue weighted by molar-refractivity contribution is 0.704. The summed E-state index contributed by atoms with van der Waals surface area (Å²) >= 11 is 0. The Hall–Kier alpha value is -7.94. The van der Waals surface area contributed by atoms with Crippen molar-refractivity contribution in [2.24, 2.45) is 11.8 Å². The molecule has 2 nitrogen and oxygen atoms in total. The molecule has 2 heteroatoms. The van der Waals surface area contributed by atoms with Gasteiger partial charge in [-0.1, -0.05) is 194 Å². The third-order valence-electron chi connectivity index (χ3n) is 12.9. The Labute approximate surface area is 361 Å². The van der Waals surface area contributed by atoms with Gasteiger partial charge < -0.3 is 9.47 Å². The number of hydrogen-bond acceptors (Lipinski definition) is 1. The van der Waals surface area contributed by atoms with Gasteiger partial charge in [-0.25, -0.2) is 0 Å². The van der Waals surface area contributed by atoms with Gasteiger partial charge in [0.15, 0.2) is 0 Å².